The number of piperazine rings is 1. The van der Waals surface area contributed by atoms with Crippen LogP contribution in [-0.2, 0) is 0 Å². The van der Waals surface area contributed by atoms with Crippen LogP contribution >= 0.6 is 36.2 Å². The summed E-state index contributed by atoms with van der Waals surface area (Å²) in [7, 11) is 0. The van der Waals surface area contributed by atoms with Crippen molar-refractivity contribution in [1.29, 1.82) is 0 Å². The number of thiazole rings is 1. The molecule has 3 heterocycles. The van der Waals surface area contributed by atoms with Crippen LogP contribution < -0.4 is 5.32 Å². The predicted molar refractivity (Wildman–Crippen MR) is 97.3 cm³/mol. The van der Waals surface area contributed by atoms with Crippen molar-refractivity contribution in [2.45, 2.75) is 31.2 Å². The molecule has 1 saturated carbocycles. The molecular formula is C15H24Cl2N4OS. The average molecular weight is 379 g/mol. The number of nitrogens with one attached hydrogen (secondary N) is 1. The van der Waals surface area contributed by atoms with Crippen molar-refractivity contribution in [3.63, 3.8) is 0 Å². The minimum Gasteiger partial charge on any atom is -0.336 e. The molecule has 1 atom stereocenters. The summed E-state index contributed by atoms with van der Waals surface area (Å²) in [6, 6.07) is 0.539. The first kappa shape index (κ1) is 18.9. The van der Waals surface area contributed by atoms with Gasteiger partial charge < -0.3 is 10.2 Å². The van der Waals surface area contributed by atoms with Crippen LogP contribution in [0, 0.1) is 0 Å². The number of carbonyl (C=O) groups excluding carboxylic acids is 1. The van der Waals surface area contributed by atoms with E-state index in [9.17, 15) is 4.79 Å². The highest BCUT2D eigenvalue weighted by Gasteiger charge is 2.33. The molecule has 0 bridgehead atoms. The Balaban J connectivity index is 0.000000960. The average Bonchev–Trinajstić information content (AvgIpc) is 3.06. The largest absolute Gasteiger partial charge is 0.336 e. The van der Waals surface area contributed by atoms with Crippen molar-refractivity contribution < 1.29 is 4.79 Å². The lowest BCUT2D eigenvalue weighted by Crippen LogP contribution is -2.49. The fourth-order valence-corrected chi connectivity index (χ4v) is 4.30. The van der Waals surface area contributed by atoms with Gasteiger partial charge in [0.25, 0.3) is 5.91 Å². The number of hydrogen-bond donors (Lipinski definition) is 1. The van der Waals surface area contributed by atoms with Crippen LogP contribution in [0.5, 0.6) is 0 Å². The lowest BCUT2D eigenvalue weighted by Gasteiger charge is -2.32. The Morgan fingerprint density at radius 1 is 1.17 bits per heavy atom. The van der Waals surface area contributed by atoms with Gasteiger partial charge in [0.1, 0.15) is 5.69 Å². The second kappa shape index (κ2) is 8.12. The number of amides is 1. The summed E-state index contributed by atoms with van der Waals surface area (Å²) in [5, 5.41) is 6.50. The van der Waals surface area contributed by atoms with Gasteiger partial charge in [0, 0.05) is 56.6 Å². The molecule has 1 aromatic rings. The first-order valence-electron chi connectivity index (χ1n) is 8.01. The minimum atomic E-state index is 0. The standard InChI is InChI=1S/C15H22N4OS.2ClH/c20-15(13-10-21-14(17-13)11-1-2-11)19-6-3-12(9-19)18-7-4-16-5-8-18;;/h10-12,16H,1-9H2;2*1H. The van der Waals surface area contributed by atoms with E-state index in [4.69, 9.17) is 0 Å². The molecule has 1 aliphatic carbocycles. The van der Waals surface area contributed by atoms with Gasteiger partial charge in [-0.3, -0.25) is 9.69 Å². The zero-order chi connectivity index (χ0) is 14.2. The number of likely N-dealkylation sites (tertiary alicyclic amines) is 1. The van der Waals surface area contributed by atoms with Crippen LogP contribution in [0.3, 0.4) is 0 Å². The Kier molecular flexibility index (Phi) is 6.68. The Morgan fingerprint density at radius 3 is 2.61 bits per heavy atom. The SMILES string of the molecule is Cl.Cl.O=C(c1csc(C2CC2)n1)N1CCC(N2CCNCC2)C1. The Bertz CT molecular complexity index is 531. The number of rotatable bonds is 3. The highest BCUT2D eigenvalue weighted by molar-refractivity contribution is 7.10. The van der Waals surface area contributed by atoms with E-state index in [0.717, 1.165) is 50.7 Å². The van der Waals surface area contributed by atoms with Crippen LogP contribution in [0.2, 0.25) is 0 Å². The van der Waals surface area contributed by atoms with Gasteiger partial charge in [0.15, 0.2) is 0 Å². The van der Waals surface area contributed by atoms with Crippen LogP contribution in [0.25, 0.3) is 0 Å². The predicted octanol–water partition coefficient (Wildman–Crippen LogP) is 1.98. The molecule has 0 aromatic carbocycles. The zero-order valence-electron chi connectivity index (χ0n) is 13.1. The highest BCUT2D eigenvalue weighted by Crippen LogP contribution is 2.41. The molecule has 8 heteroatoms. The van der Waals surface area contributed by atoms with Crippen molar-refractivity contribution in [1.82, 2.24) is 20.1 Å². The molecule has 3 fully saturated rings. The molecular weight excluding hydrogens is 355 g/mol. The van der Waals surface area contributed by atoms with E-state index in [1.165, 1.54) is 12.8 Å². The van der Waals surface area contributed by atoms with E-state index >= 15 is 0 Å². The van der Waals surface area contributed by atoms with Gasteiger partial charge in [0.2, 0.25) is 0 Å². The smallest absolute Gasteiger partial charge is 0.273 e. The second-order valence-electron chi connectivity index (χ2n) is 6.32. The van der Waals surface area contributed by atoms with Gasteiger partial charge in [-0.1, -0.05) is 0 Å². The van der Waals surface area contributed by atoms with E-state index in [0.29, 0.717) is 17.7 Å². The third-order valence-corrected chi connectivity index (χ3v) is 5.79. The van der Waals surface area contributed by atoms with E-state index in [1.54, 1.807) is 11.3 Å². The van der Waals surface area contributed by atoms with Crippen molar-refractivity contribution in [2.24, 2.45) is 0 Å². The quantitative estimate of drug-likeness (QED) is 0.873. The molecule has 3 aliphatic rings. The van der Waals surface area contributed by atoms with E-state index in [2.05, 4.69) is 15.2 Å². The summed E-state index contributed by atoms with van der Waals surface area (Å²) in [5.74, 6) is 0.777. The number of hydrogen-bond acceptors (Lipinski definition) is 5. The molecule has 1 amide bonds. The fraction of sp³-hybridized carbons (Fsp3) is 0.733. The summed E-state index contributed by atoms with van der Waals surface area (Å²) in [6.45, 7) is 6.10. The highest BCUT2D eigenvalue weighted by atomic mass is 35.5. The maximum atomic E-state index is 12.6. The van der Waals surface area contributed by atoms with Gasteiger partial charge in [-0.2, -0.15) is 0 Å². The number of aromatic nitrogens is 1. The summed E-state index contributed by atoms with van der Waals surface area (Å²) in [6.07, 6.45) is 3.59. The van der Waals surface area contributed by atoms with Crippen molar-refractivity contribution in [3.8, 4) is 0 Å². The topological polar surface area (TPSA) is 48.5 Å². The fourth-order valence-electron chi connectivity index (χ4n) is 3.34. The van der Waals surface area contributed by atoms with Crippen LogP contribution in [0.4, 0.5) is 0 Å². The zero-order valence-corrected chi connectivity index (χ0v) is 15.5. The molecule has 23 heavy (non-hydrogen) atoms. The molecule has 2 aliphatic heterocycles. The Morgan fingerprint density at radius 2 is 1.91 bits per heavy atom. The molecule has 0 radical (unpaired) electrons. The molecule has 1 N–H and O–H groups in total. The van der Waals surface area contributed by atoms with Crippen molar-refractivity contribution >= 4 is 42.1 Å². The molecule has 5 nitrogen and oxygen atoms in total. The molecule has 1 aromatic heterocycles. The van der Waals surface area contributed by atoms with Crippen LogP contribution in [-0.4, -0.2) is 66.0 Å². The molecule has 1 unspecified atom stereocenters. The van der Waals surface area contributed by atoms with Gasteiger partial charge in [0.05, 0.1) is 5.01 Å². The van der Waals surface area contributed by atoms with Gasteiger partial charge in [-0.25, -0.2) is 4.98 Å². The number of nitrogens with zero attached hydrogens (tertiary/aromatic N) is 3. The lowest BCUT2D eigenvalue weighted by molar-refractivity contribution is 0.0768. The van der Waals surface area contributed by atoms with Crippen LogP contribution in [0.15, 0.2) is 5.38 Å². The minimum absolute atomic E-state index is 0. The summed E-state index contributed by atoms with van der Waals surface area (Å²) in [5.41, 5.74) is 0.669. The third kappa shape index (κ3) is 4.17. The monoisotopic (exact) mass is 378 g/mol. The summed E-state index contributed by atoms with van der Waals surface area (Å²) >= 11 is 1.66. The summed E-state index contributed by atoms with van der Waals surface area (Å²) < 4.78 is 0. The maximum absolute atomic E-state index is 12.6. The molecule has 0 spiro atoms. The van der Waals surface area contributed by atoms with E-state index in [-0.39, 0.29) is 30.7 Å². The van der Waals surface area contributed by atoms with Crippen molar-refractivity contribution in [3.05, 3.63) is 16.1 Å². The van der Waals surface area contributed by atoms with E-state index < -0.39 is 0 Å². The number of carbonyl (C=O) groups is 1. The van der Waals surface area contributed by atoms with Gasteiger partial charge >= 0.3 is 0 Å². The van der Waals surface area contributed by atoms with Gasteiger partial charge in [-0.15, -0.1) is 36.2 Å². The number of halogens is 2. The Hall–Kier alpha value is -0.400. The summed E-state index contributed by atoms with van der Waals surface area (Å²) in [4.78, 5) is 21.7. The molecule has 2 saturated heterocycles. The second-order valence-corrected chi connectivity index (χ2v) is 7.21. The first-order valence-corrected chi connectivity index (χ1v) is 8.88. The molecule has 4 rings (SSSR count). The van der Waals surface area contributed by atoms with Crippen molar-refractivity contribution in [2.75, 3.05) is 39.3 Å². The maximum Gasteiger partial charge on any atom is 0.273 e. The Labute approximate surface area is 153 Å². The lowest BCUT2D eigenvalue weighted by atomic mass is 10.2. The van der Waals surface area contributed by atoms with Gasteiger partial charge in [-0.05, 0) is 19.3 Å². The normalized spacial score (nSPS) is 24.9. The van der Waals surface area contributed by atoms with E-state index in [1.807, 2.05) is 10.3 Å². The first-order chi connectivity index (χ1) is 10.3. The third-order valence-electron chi connectivity index (χ3n) is 4.79. The molecule has 130 valence electrons. The van der Waals surface area contributed by atoms with Crippen LogP contribution in [0.1, 0.15) is 40.7 Å².